The van der Waals surface area contributed by atoms with Crippen molar-refractivity contribution in [2.24, 2.45) is 4.99 Å². The minimum Gasteiger partial charge on any atom is -0.396 e. The Bertz CT molecular complexity index is 480. The van der Waals surface area contributed by atoms with E-state index in [1.165, 1.54) is 6.07 Å². The van der Waals surface area contributed by atoms with Crippen LogP contribution in [0.3, 0.4) is 0 Å². The van der Waals surface area contributed by atoms with Gasteiger partial charge in [-0.25, -0.2) is 0 Å². The van der Waals surface area contributed by atoms with Crippen molar-refractivity contribution in [2.45, 2.75) is 18.4 Å². The van der Waals surface area contributed by atoms with E-state index in [1.807, 2.05) is 0 Å². The average molecular weight is 205 g/mol. The van der Waals surface area contributed by atoms with Gasteiger partial charge < -0.3 is 5.11 Å². The lowest BCUT2D eigenvalue weighted by Crippen LogP contribution is -2.41. The summed E-state index contributed by atoms with van der Waals surface area (Å²) in [5.41, 5.74) is -1.14. The van der Waals surface area contributed by atoms with E-state index in [4.69, 9.17) is 5.11 Å². The Morgan fingerprint density at radius 3 is 2.67 bits per heavy atom. The van der Waals surface area contributed by atoms with Crippen molar-refractivity contribution in [1.29, 1.82) is 0 Å². The molecule has 4 heteroatoms. The van der Waals surface area contributed by atoms with E-state index in [1.54, 1.807) is 18.4 Å². The second kappa shape index (κ2) is 3.55. The van der Waals surface area contributed by atoms with Crippen molar-refractivity contribution in [3.8, 4) is 0 Å². The maximum atomic E-state index is 11.3. The molecule has 4 nitrogen and oxygen atoms in total. The minimum absolute atomic E-state index is 0.0561. The molecule has 1 aromatic carbocycles. The lowest BCUT2D eigenvalue weighted by Gasteiger charge is -2.24. The molecule has 1 atom stereocenters. The topological polar surface area (TPSA) is 66.7 Å². The normalized spacial score (nSPS) is 24.1. The first-order chi connectivity index (χ1) is 7.19. The zero-order valence-electron chi connectivity index (χ0n) is 8.14. The molecule has 1 unspecified atom stereocenters. The van der Waals surface area contributed by atoms with E-state index in [9.17, 15) is 9.59 Å². The van der Waals surface area contributed by atoms with Crippen LogP contribution in [0.1, 0.15) is 18.4 Å². The van der Waals surface area contributed by atoms with Gasteiger partial charge in [-0.3, -0.25) is 14.6 Å². The molecule has 1 heterocycles. The summed E-state index contributed by atoms with van der Waals surface area (Å²) in [7, 11) is 0. The third-order valence-corrected chi connectivity index (χ3v) is 2.69. The number of aliphatic hydroxyl groups is 1. The Morgan fingerprint density at radius 1 is 1.40 bits per heavy atom. The van der Waals surface area contributed by atoms with Gasteiger partial charge in [0.05, 0.1) is 0 Å². The van der Waals surface area contributed by atoms with Crippen molar-refractivity contribution < 1.29 is 5.11 Å². The van der Waals surface area contributed by atoms with E-state index >= 15 is 0 Å². The summed E-state index contributed by atoms with van der Waals surface area (Å²) >= 11 is 0. The zero-order valence-corrected chi connectivity index (χ0v) is 8.14. The molecule has 78 valence electrons. The Kier molecular flexibility index (Phi) is 2.36. The summed E-state index contributed by atoms with van der Waals surface area (Å²) in [6.07, 6.45) is 6.29. The maximum Gasteiger partial charge on any atom is 0.231 e. The largest absolute Gasteiger partial charge is 0.396 e. The monoisotopic (exact) mass is 205 g/mol. The van der Waals surface area contributed by atoms with Crippen LogP contribution >= 0.6 is 0 Å². The molecule has 15 heavy (non-hydrogen) atoms. The van der Waals surface area contributed by atoms with Gasteiger partial charge in [0.1, 0.15) is 5.54 Å². The van der Waals surface area contributed by atoms with Gasteiger partial charge in [0, 0.05) is 18.4 Å². The molecule has 1 N–H and O–H groups in total. The molecule has 0 saturated heterocycles. The highest BCUT2D eigenvalue weighted by molar-refractivity contribution is 5.76. The van der Waals surface area contributed by atoms with E-state index in [2.05, 4.69) is 4.99 Å². The van der Waals surface area contributed by atoms with Gasteiger partial charge in [-0.05, 0) is 25.0 Å². The SMILES string of the molecule is O=c1cc(C2(CCCO)C=CC=N2)c1=O. The van der Waals surface area contributed by atoms with Crippen LogP contribution in [0.15, 0.2) is 32.8 Å². The van der Waals surface area contributed by atoms with Gasteiger partial charge in [-0.15, -0.1) is 0 Å². The van der Waals surface area contributed by atoms with Crippen LogP contribution < -0.4 is 10.9 Å². The number of aliphatic hydroxyl groups excluding tert-OH is 1. The Balaban J connectivity index is 2.33. The van der Waals surface area contributed by atoms with Gasteiger partial charge in [-0.1, -0.05) is 6.08 Å². The number of hydrogen-bond donors (Lipinski definition) is 1. The van der Waals surface area contributed by atoms with Gasteiger partial charge in [0.15, 0.2) is 0 Å². The lowest BCUT2D eigenvalue weighted by atomic mass is 9.84. The van der Waals surface area contributed by atoms with E-state index in [0.29, 0.717) is 18.4 Å². The van der Waals surface area contributed by atoms with Crippen LogP contribution in [0.25, 0.3) is 0 Å². The van der Waals surface area contributed by atoms with Gasteiger partial charge in [0.2, 0.25) is 10.9 Å². The van der Waals surface area contributed by atoms with Crippen molar-refractivity contribution in [2.75, 3.05) is 6.61 Å². The van der Waals surface area contributed by atoms with Crippen molar-refractivity contribution >= 4 is 6.21 Å². The third-order valence-electron chi connectivity index (χ3n) is 2.69. The van der Waals surface area contributed by atoms with E-state index in [0.717, 1.165) is 0 Å². The van der Waals surface area contributed by atoms with Crippen LogP contribution in [0, 0.1) is 0 Å². The number of hydrogen-bond acceptors (Lipinski definition) is 4. The summed E-state index contributed by atoms with van der Waals surface area (Å²) in [5, 5.41) is 8.78. The fourth-order valence-electron chi connectivity index (χ4n) is 1.85. The standard InChI is InChI=1S/C11H11NO3/c13-6-2-4-11(3-1-5-12-11)8-7-9(14)10(8)15/h1,3,5,7,13H,2,4,6H2. The number of aliphatic imine (C=N–C) groups is 1. The average Bonchev–Trinajstić information content (AvgIpc) is 2.72. The van der Waals surface area contributed by atoms with Crippen molar-refractivity contribution in [3.63, 3.8) is 0 Å². The summed E-state index contributed by atoms with van der Waals surface area (Å²) in [4.78, 5) is 26.4. The molecule has 0 aromatic heterocycles. The Labute approximate surface area is 86.3 Å². The fourth-order valence-corrected chi connectivity index (χ4v) is 1.85. The molecule has 2 rings (SSSR count). The quantitative estimate of drug-likeness (QED) is 0.697. The second-order valence-electron chi connectivity index (χ2n) is 3.64. The van der Waals surface area contributed by atoms with Crippen molar-refractivity contribution in [3.05, 3.63) is 44.2 Å². The summed E-state index contributed by atoms with van der Waals surface area (Å²) in [6.45, 7) is 0.0561. The zero-order chi connectivity index (χ0) is 10.9. The molecule has 1 aliphatic rings. The van der Waals surface area contributed by atoms with Crippen LogP contribution in [0.2, 0.25) is 0 Å². The summed E-state index contributed by atoms with van der Waals surface area (Å²) < 4.78 is 0. The van der Waals surface area contributed by atoms with Gasteiger partial charge >= 0.3 is 0 Å². The van der Waals surface area contributed by atoms with Crippen LogP contribution in [-0.2, 0) is 5.54 Å². The smallest absolute Gasteiger partial charge is 0.231 e. The molecular formula is C11H11NO3. The highest BCUT2D eigenvalue weighted by atomic mass is 16.3. The lowest BCUT2D eigenvalue weighted by molar-refractivity contribution is 0.272. The molecule has 0 bridgehead atoms. The predicted octanol–water partition coefficient (Wildman–Crippen LogP) is -0.109. The second-order valence-corrected chi connectivity index (χ2v) is 3.64. The van der Waals surface area contributed by atoms with Gasteiger partial charge in [-0.2, -0.15) is 0 Å². The maximum absolute atomic E-state index is 11.3. The van der Waals surface area contributed by atoms with Crippen LogP contribution in [-0.4, -0.2) is 17.9 Å². The highest BCUT2D eigenvalue weighted by Gasteiger charge is 2.35. The first-order valence-corrected chi connectivity index (χ1v) is 4.84. The molecule has 1 aliphatic heterocycles. The fraction of sp³-hybridized carbons (Fsp3) is 0.364. The Morgan fingerprint density at radius 2 is 2.20 bits per heavy atom. The first-order valence-electron chi connectivity index (χ1n) is 4.84. The summed E-state index contributed by atoms with van der Waals surface area (Å²) in [6, 6.07) is 1.34. The molecule has 0 fully saturated rings. The molecule has 0 amide bonds. The number of nitrogens with zero attached hydrogens (tertiary/aromatic N) is 1. The van der Waals surface area contributed by atoms with Gasteiger partial charge in [0.25, 0.3) is 0 Å². The minimum atomic E-state index is -0.687. The highest BCUT2D eigenvalue weighted by Crippen LogP contribution is 2.32. The van der Waals surface area contributed by atoms with Crippen LogP contribution in [0.4, 0.5) is 0 Å². The third kappa shape index (κ3) is 1.47. The number of allylic oxidation sites excluding steroid dienone is 1. The van der Waals surface area contributed by atoms with Crippen LogP contribution in [0.5, 0.6) is 0 Å². The molecule has 1 aromatic rings. The molecule has 0 saturated carbocycles. The Hall–Kier alpha value is -1.55. The number of rotatable bonds is 4. The van der Waals surface area contributed by atoms with Crippen molar-refractivity contribution in [1.82, 2.24) is 0 Å². The first kappa shape index (κ1) is 9.98. The van der Waals surface area contributed by atoms with E-state index in [-0.39, 0.29) is 6.61 Å². The molecular weight excluding hydrogens is 194 g/mol. The van der Waals surface area contributed by atoms with E-state index < -0.39 is 16.4 Å². The molecule has 0 spiro atoms. The summed E-state index contributed by atoms with van der Waals surface area (Å²) in [5.74, 6) is 0. The molecule has 0 aliphatic carbocycles. The predicted molar refractivity (Wildman–Crippen MR) is 57.0 cm³/mol. The molecule has 0 radical (unpaired) electrons.